The largest absolute Gasteiger partial charge is 0.328 e. The van der Waals surface area contributed by atoms with Crippen molar-refractivity contribution in [1.82, 2.24) is 9.13 Å². The minimum absolute atomic E-state index is 0.166. The van der Waals surface area contributed by atoms with Crippen molar-refractivity contribution >= 4 is 15.9 Å². The van der Waals surface area contributed by atoms with E-state index in [1.807, 2.05) is 21.5 Å². The normalized spacial score (nSPS) is 16.4. The second-order valence-electron chi connectivity index (χ2n) is 5.19. The monoisotopic (exact) mass is 300 g/mol. The zero-order chi connectivity index (χ0) is 12.5. The summed E-state index contributed by atoms with van der Waals surface area (Å²) in [6.45, 7) is 5.23. The maximum absolute atomic E-state index is 12.2. The van der Waals surface area contributed by atoms with Crippen LogP contribution >= 0.6 is 15.9 Å². The molecule has 1 aromatic rings. The number of hydrogen-bond acceptors (Lipinski definition) is 1. The van der Waals surface area contributed by atoms with Crippen molar-refractivity contribution in [3.63, 3.8) is 0 Å². The zero-order valence-corrected chi connectivity index (χ0v) is 12.2. The van der Waals surface area contributed by atoms with Crippen LogP contribution < -0.4 is 5.69 Å². The molecule has 1 aliphatic rings. The van der Waals surface area contributed by atoms with Gasteiger partial charge < -0.3 is 0 Å². The first kappa shape index (κ1) is 12.9. The lowest BCUT2D eigenvalue weighted by atomic mass is 9.84. The molecule has 4 heteroatoms. The van der Waals surface area contributed by atoms with Gasteiger partial charge in [-0.25, -0.2) is 4.79 Å². The molecule has 1 aromatic heterocycles. The molecule has 0 saturated heterocycles. The Labute approximate surface area is 111 Å². The summed E-state index contributed by atoms with van der Waals surface area (Å²) in [6.07, 6.45) is 8.41. The van der Waals surface area contributed by atoms with Crippen LogP contribution in [0.4, 0.5) is 0 Å². The molecule has 1 aliphatic carbocycles. The van der Waals surface area contributed by atoms with E-state index in [1.54, 1.807) is 0 Å². The predicted octanol–water partition coefficient (Wildman–Crippen LogP) is 3.19. The Balaban J connectivity index is 2.20. The second-order valence-corrected chi connectivity index (χ2v) is 5.75. The molecule has 17 heavy (non-hydrogen) atoms. The molecular formula is C13H21BrN2O. The molecule has 0 bridgehead atoms. The highest BCUT2D eigenvalue weighted by Crippen LogP contribution is 2.34. The molecule has 0 aromatic carbocycles. The van der Waals surface area contributed by atoms with Gasteiger partial charge in [0.25, 0.3) is 0 Å². The van der Waals surface area contributed by atoms with E-state index in [1.165, 1.54) is 0 Å². The number of rotatable bonds is 6. The average Bonchev–Trinajstić information content (AvgIpc) is 3.13. The SMILES string of the molecule is CCC(CC)(CBr)Cn1ccn(C2CC2)c1=O. The number of halogens is 1. The summed E-state index contributed by atoms with van der Waals surface area (Å²) in [5.74, 6) is 0. The summed E-state index contributed by atoms with van der Waals surface area (Å²) in [5.41, 5.74) is 0.374. The molecule has 3 nitrogen and oxygen atoms in total. The van der Waals surface area contributed by atoms with Crippen molar-refractivity contribution < 1.29 is 0 Å². The van der Waals surface area contributed by atoms with Crippen LogP contribution in [0.3, 0.4) is 0 Å². The van der Waals surface area contributed by atoms with Crippen LogP contribution in [0.2, 0.25) is 0 Å². The lowest BCUT2D eigenvalue weighted by Crippen LogP contribution is -2.33. The number of aromatic nitrogens is 2. The van der Waals surface area contributed by atoms with Crippen molar-refractivity contribution in [3.8, 4) is 0 Å². The standard InChI is InChI=1S/C13H21BrN2O/c1-3-13(4-2,9-14)10-15-7-8-16(12(15)17)11-5-6-11/h7-8,11H,3-6,9-10H2,1-2H3. The van der Waals surface area contributed by atoms with Crippen LogP contribution in [0.5, 0.6) is 0 Å². The minimum atomic E-state index is 0.166. The van der Waals surface area contributed by atoms with Gasteiger partial charge in [0.15, 0.2) is 0 Å². The molecule has 2 rings (SSSR count). The summed E-state index contributed by atoms with van der Waals surface area (Å²) in [4.78, 5) is 12.2. The Bertz CT molecular complexity index is 419. The third kappa shape index (κ3) is 2.51. The Morgan fingerprint density at radius 3 is 2.47 bits per heavy atom. The summed E-state index contributed by atoms with van der Waals surface area (Å²) in [6, 6.07) is 0.477. The van der Waals surface area contributed by atoms with E-state index < -0.39 is 0 Å². The molecule has 0 amide bonds. The molecule has 96 valence electrons. The highest BCUT2D eigenvalue weighted by atomic mass is 79.9. The van der Waals surface area contributed by atoms with E-state index in [2.05, 4.69) is 29.8 Å². The van der Waals surface area contributed by atoms with Gasteiger partial charge in [0, 0.05) is 30.3 Å². The van der Waals surface area contributed by atoms with E-state index in [-0.39, 0.29) is 11.1 Å². The van der Waals surface area contributed by atoms with Gasteiger partial charge in [-0.05, 0) is 31.1 Å². The van der Waals surface area contributed by atoms with Gasteiger partial charge in [-0.15, -0.1) is 0 Å². The van der Waals surface area contributed by atoms with Crippen molar-refractivity contribution in [1.29, 1.82) is 0 Å². The summed E-state index contributed by atoms with van der Waals surface area (Å²) in [7, 11) is 0. The molecule has 0 N–H and O–H groups in total. The van der Waals surface area contributed by atoms with Gasteiger partial charge in [-0.2, -0.15) is 0 Å². The maximum Gasteiger partial charge on any atom is 0.328 e. The Morgan fingerprint density at radius 1 is 1.35 bits per heavy atom. The summed E-state index contributed by atoms with van der Waals surface area (Å²) in [5, 5.41) is 0.952. The number of hydrogen-bond donors (Lipinski definition) is 0. The first-order valence-electron chi connectivity index (χ1n) is 6.49. The molecule has 1 heterocycles. The molecule has 0 spiro atoms. The minimum Gasteiger partial charge on any atom is -0.299 e. The zero-order valence-electron chi connectivity index (χ0n) is 10.7. The summed E-state index contributed by atoms with van der Waals surface area (Å²) >= 11 is 3.60. The third-order valence-corrected chi connectivity index (χ3v) is 5.29. The van der Waals surface area contributed by atoms with Crippen LogP contribution in [0, 0.1) is 5.41 Å². The Kier molecular flexibility index (Phi) is 3.81. The smallest absolute Gasteiger partial charge is 0.299 e. The number of alkyl halides is 1. The van der Waals surface area contributed by atoms with Gasteiger partial charge in [0.2, 0.25) is 0 Å². The lowest BCUT2D eigenvalue weighted by Gasteiger charge is -2.29. The molecule has 0 radical (unpaired) electrons. The fourth-order valence-electron chi connectivity index (χ4n) is 2.25. The molecule has 1 saturated carbocycles. The molecular weight excluding hydrogens is 280 g/mol. The van der Waals surface area contributed by atoms with Crippen LogP contribution in [0.25, 0.3) is 0 Å². The third-order valence-electron chi connectivity index (χ3n) is 4.10. The fourth-order valence-corrected chi connectivity index (χ4v) is 3.22. The van der Waals surface area contributed by atoms with Gasteiger partial charge in [0.05, 0.1) is 0 Å². The van der Waals surface area contributed by atoms with Gasteiger partial charge in [-0.1, -0.05) is 29.8 Å². The topological polar surface area (TPSA) is 26.9 Å². The van der Waals surface area contributed by atoms with E-state index in [9.17, 15) is 4.79 Å². The molecule has 0 aliphatic heterocycles. The predicted molar refractivity (Wildman–Crippen MR) is 73.8 cm³/mol. The summed E-state index contributed by atoms with van der Waals surface area (Å²) < 4.78 is 3.77. The Hall–Kier alpha value is -0.510. The van der Waals surface area contributed by atoms with Crippen LogP contribution in [-0.4, -0.2) is 14.5 Å². The Morgan fingerprint density at radius 2 is 2.00 bits per heavy atom. The first-order chi connectivity index (χ1) is 8.15. The van der Waals surface area contributed by atoms with Crippen molar-refractivity contribution in [3.05, 3.63) is 22.9 Å². The van der Waals surface area contributed by atoms with Crippen molar-refractivity contribution in [2.75, 3.05) is 5.33 Å². The lowest BCUT2D eigenvalue weighted by molar-refractivity contribution is 0.255. The number of imidazole rings is 1. The first-order valence-corrected chi connectivity index (χ1v) is 7.61. The molecule has 1 fully saturated rings. The van der Waals surface area contributed by atoms with Crippen LogP contribution in [0.1, 0.15) is 45.6 Å². The van der Waals surface area contributed by atoms with E-state index in [4.69, 9.17) is 0 Å². The molecule has 0 atom stereocenters. The number of nitrogens with zero attached hydrogens (tertiary/aromatic N) is 2. The van der Waals surface area contributed by atoms with Crippen LogP contribution in [-0.2, 0) is 6.54 Å². The highest BCUT2D eigenvalue weighted by molar-refractivity contribution is 9.09. The van der Waals surface area contributed by atoms with Crippen molar-refractivity contribution in [2.45, 2.75) is 52.1 Å². The van der Waals surface area contributed by atoms with Gasteiger partial charge in [-0.3, -0.25) is 9.13 Å². The van der Waals surface area contributed by atoms with Gasteiger partial charge >= 0.3 is 5.69 Å². The molecule has 0 unspecified atom stereocenters. The van der Waals surface area contributed by atoms with Crippen LogP contribution in [0.15, 0.2) is 17.2 Å². The highest BCUT2D eigenvalue weighted by Gasteiger charge is 2.29. The average molecular weight is 301 g/mol. The maximum atomic E-state index is 12.2. The quantitative estimate of drug-likeness (QED) is 0.741. The van der Waals surface area contributed by atoms with E-state index in [0.717, 1.165) is 37.6 Å². The fraction of sp³-hybridized carbons (Fsp3) is 0.769. The second kappa shape index (κ2) is 5.01. The van der Waals surface area contributed by atoms with Gasteiger partial charge in [0.1, 0.15) is 0 Å². The van der Waals surface area contributed by atoms with E-state index >= 15 is 0 Å². The van der Waals surface area contributed by atoms with Crippen molar-refractivity contribution in [2.24, 2.45) is 5.41 Å². The van der Waals surface area contributed by atoms with E-state index in [0.29, 0.717) is 6.04 Å².